The third kappa shape index (κ3) is 3.40. The summed E-state index contributed by atoms with van der Waals surface area (Å²) in [5.74, 6) is -2.37. The van der Waals surface area contributed by atoms with Gasteiger partial charge in [0.2, 0.25) is 0 Å². The Labute approximate surface area is 148 Å². The summed E-state index contributed by atoms with van der Waals surface area (Å²) in [6.45, 7) is 2.99. The Balaban J connectivity index is 1.71. The highest BCUT2D eigenvalue weighted by atomic mass is 19.1. The third-order valence-corrected chi connectivity index (χ3v) is 4.39. The zero-order chi connectivity index (χ0) is 18.8. The van der Waals surface area contributed by atoms with Gasteiger partial charge in [0.25, 0.3) is 5.91 Å². The molecule has 1 aromatic heterocycles. The number of carbonyl (C=O) groups is 2. The lowest BCUT2D eigenvalue weighted by Crippen LogP contribution is -2.49. The minimum Gasteiger partial charge on any atom is -0.478 e. The number of halogens is 2. The fourth-order valence-electron chi connectivity index (χ4n) is 3.01. The largest absolute Gasteiger partial charge is 0.478 e. The maximum absolute atomic E-state index is 13.9. The lowest BCUT2D eigenvalue weighted by molar-refractivity contribution is 0.0690. The quantitative estimate of drug-likeness (QED) is 0.903. The van der Waals surface area contributed by atoms with Crippen molar-refractivity contribution in [1.29, 1.82) is 0 Å². The summed E-state index contributed by atoms with van der Waals surface area (Å²) in [5, 5.41) is 9.15. The van der Waals surface area contributed by atoms with Gasteiger partial charge in [0.15, 0.2) is 5.76 Å². The van der Waals surface area contributed by atoms with Crippen LogP contribution in [0, 0.1) is 11.6 Å². The van der Waals surface area contributed by atoms with Crippen LogP contribution in [-0.4, -0.2) is 48.1 Å². The van der Waals surface area contributed by atoms with Crippen molar-refractivity contribution < 1.29 is 27.9 Å². The highest BCUT2D eigenvalue weighted by Gasteiger charge is 2.27. The smallest absolute Gasteiger partial charge is 0.339 e. The van der Waals surface area contributed by atoms with Gasteiger partial charge < -0.3 is 19.3 Å². The molecule has 0 spiro atoms. The Bertz CT molecular complexity index is 842. The second-order valence-corrected chi connectivity index (χ2v) is 5.98. The van der Waals surface area contributed by atoms with E-state index in [9.17, 15) is 18.4 Å². The number of benzene rings is 1. The number of hydrogen-bond acceptors (Lipinski definition) is 4. The number of carbonyl (C=O) groups excluding carboxylic acids is 1. The Kier molecular flexibility index (Phi) is 4.92. The summed E-state index contributed by atoms with van der Waals surface area (Å²) >= 11 is 0. The molecule has 0 atom stereocenters. The number of anilines is 1. The van der Waals surface area contributed by atoms with Gasteiger partial charge in [-0.1, -0.05) is 6.92 Å². The molecule has 1 saturated heterocycles. The van der Waals surface area contributed by atoms with Crippen molar-refractivity contribution in [3.63, 3.8) is 0 Å². The third-order valence-electron chi connectivity index (χ3n) is 4.39. The summed E-state index contributed by atoms with van der Waals surface area (Å²) in [5.41, 5.74) is 0.146. The van der Waals surface area contributed by atoms with Gasteiger partial charge >= 0.3 is 5.97 Å². The van der Waals surface area contributed by atoms with E-state index in [2.05, 4.69) is 0 Å². The molecule has 0 aliphatic carbocycles. The van der Waals surface area contributed by atoms with Crippen LogP contribution in [-0.2, 0) is 6.42 Å². The molecular formula is C18H18F2N2O4. The molecule has 0 saturated carbocycles. The molecule has 138 valence electrons. The normalized spacial score (nSPS) is 14.6. The molecule has 1 aliphatic heterocycles. The molecule has 26 heavy (non-hydrogen) atoms. The maximum Gasteiger partial charge on any atom is 0.339 e. The van der Waals surface area contributed by atoms with Crippen LogP contribution < -0.4 is 4.90 Å². The zero-order valence-corrected chi connectivity index (χ0v) is 14.2. The van der Waals surface area contributed by atoms with Gasteiger partial charge in [0.1, 0.15) is 23.0 Å². The average Bonchev–Trinajstić information content (AvgIpc) is 3.08. The molecule has 0 bridgehead atoms. The van der Waals surface area contributed by atoms with Crippen LogP contribution in [0.2, 0.25) is 0 Å². The van der Waals surface area contributed by atoms with E-state index < -0.39 is 23.5 Å². The Morgan fingerprint density at radius 2 is 1.85 bits per heavy atom. The number of rotatable bonds is 4. The monoisotopic (exact) mass is 364 g/mol. The molecule has 8 heteroatoms. The van der Waals surface area contributed by atoms with Crippen molar-refractivity contribution in [3.05, 3.63) is 53.0 Å². The summed E-state index contributed by atoms with van der Waals surface area (Å²) in [4.78, 5) is 26.9. The lowest BCUT2D eigenvalue weighted by Gasteiger charge is -2.35. The highest BCUT2D eigenvalue weighted by Crippen LogP contribution is 2.23. The van der Waals surface area contributed by atoms with E-state index in [-0.39, 0.29) is 22.8 Å². The topological polar surface area (TPSA) is 74.0 Å². The molecule has 0 radical (unpaired) electrons. The molecule has 0 unspecified atom stereocenters. The number of carboxylic acids is 1. The summed E-state index contributed by atoms with van der Waals surface area (Å²) in [6, 6.07) is 4.50. The number of amides is 1. The fourth-order valence-corrected chi connectivity index (χ4v) is 3.01. The second-order valence-electron chi connectivity index (χ2n) is 5.98. The number of hydrogen-bond donors (Lipinski definition) is 1. The summed E-state index contributed by atoms with van der Waals surface area (Å²) in [7, 11) is 0. The minimum atomic E-state index is -1.14. The fraction of sp³-hybridized carbons (Fsp3) is 0.333. The lowest BCUT2D eigenvalue weighted by atomic mass is 10.2. The van der Waals surface area contributed by atoms with E-state index in [0.29, 0.717) is 32.6 Å². The molecule has 1 fully saturated rings. The van der Waals surface area contributed by atoms with Gasteiger partial charge in [-0.3, -0.25) is 4.79 Å². The van der Waals surface area contributed by atoms with E-state index in [1.807, 2.05) is 0 Å². The van der Waals surface area contributed by atoms with E-state index in [1.165, 1.54) is 11.0 Å². The van der Waals surface area contributed by atoms with Crippen LogP contribution in [0.15, 0.2) is 28.7 Å². The Morgan fingerprint density at radius 3 is 2.42 bits per heavy atom. The number of nitrogens with zero attached hydrogens (tertiary/aromatic N) is 2. The minimum absolute atomic E-state index is 0.0173. The molecular weight excluding hydrogens is 346 g/mol. The number of furan rings is 1. The molecule has 1 aromatic carbocycles. The van der Waals surface area contributed by atoms with Crippen molar-refractivity contribution in [2.24, 2.45) is 0 Å². The van der Waals surface area contributed by atoms with Crippen LogP contribution in [0.5, 0.6) is 0 Å². The first-order valence-electron chi connectivity index (χ1n) is 8.26. The van der Waals surface area contributed by atoms with Crippen molar-refractivity contribution >= 4 is 17.6 Å². The maximum atomic E-state index is 13.9. The van der Waals surface area contributed by atoms with Gasteiger partial charge in [-0.05, 0) is 12.1 Å². The van der Waals surface area contributed by atoms with E-state index in [4.69, 9.17) is 9.52 Å². The molecule has 2 heterocycles. The molecule has 6 nitrogen and oxygen atoms in total. The number of carboxylic acid groups (broad SMARTS) is 1. The standard InChI is InChI=1S/C18H18F2N2O4/c1-2-15-12(18(24)25)10-16(26-15)17(23)22-7-5-21(6-8-22)14-9-11(19)3-4-13(14)20/h3-4,9-10H,2,5-8H2,1H3,(H,24,25). The second kappa shape index (κ2) is 7.15. The van der Waals surface area contributed by atoms with Crippen molar-refractivity contribution in [3.8, 4) is 0 Å². The van der Waals surface area contributed by atoms with Gasteiger partial charge in [-0.15, -0.1) is 0 Å². The first-order chi connectivity index (χ1) is 12.4. The van der Waals surface area contributed by atoms with Crippen LogP contribution in [0.25, 0.3) is 0 Å². The molecule has 3 rings (SSSR count). The highest BCUT2D eigenvalue weighted by molar-refractivity contribution is 5.96. The number of piperazine rings is 1. The van der Waals surface area contributed by atoms with Crippen molar-refractivity contribution in [1.82, 2.24) is 4.90 Å². The van der Waals surface area contributed by atoms with Crippen LogP contribution in [0.3, 0.4) is 0 Å². The molecule has 1 N–H and O–H groups in total. The summed E-state index contributed by atoms with van der Waals surface area (Å²) < 4.78 is 32.6. The molecule has 1 amide bonds. The molecule has 1 aliphatic rings. The van der Waals surface area contributed by atoms with Crippen LogP contribution >= 0.6 is 0 Å². The van der Waals surface area contributed by atoms with Crippen molar-refractivity contribution in [2.75, 3.05) is 31.1 Å². The predicted octanol–water partition coefficient (Wildman–Crippen LogP) is 2.78. The Hall–Kier alpha value is -2.90. The Morgan fingerprint density at radius 1 is 1.15 bits per heavy atom. The number of aryl methyl sites for hydroxylation is 1. The van der Waals surface area contributed by atoms with Crippen molar-refractivity contribution in [2.45, 2.75) is 13.3 Å². The predicted molar refractivity (Wildman–Crippen MR) is 89.5 cm³/mol. The SMILES string of the molecule is CCc1oc(C(=O)N2CCN(c3cc(F)ccc3F)CC2)cc1C(=O)O. The zero-order valence-electron chi connectivity index (χ0n) is 14.2. The van der Waals surface area contributed by atoms with E-state index >= 15 is 0 Å². The van der Waals surface area contributed by atoms with Gasteiger partial charge in [0.05, 0.1) is 5.69 Å². The summed E-state index contributed by atoms with van der Waals surface area (Å²) in [6.07, 6.45) is 0.363. The van der Waals surface area contributed by atoms with Crippen LogP contribution in [0.4, 0.5) is 14.5 Å². The first-order valence-corrected chi connectivity index (χ1v) is 8.26. The van der Waals surface area contributed by atoms with E-state index in [1.54, 1.807) is 11.8 Å². The molecule has 2 aromatic rings. The number of aromatic carboxylic acids is 1. The van der Waals surface area contributed by atoms with Crippen LogP contribution in [0.1, 0.15) is 33.6 Å². The first kappa shape index (κ1) is 17.9. The van der Waals surface area contributed by atoms with Gasteiger partial charge in [0, 0.05) is 44.7 Å². The van der Waals surface area contributed by atoms with Gasteiger partial charge in [-0.2, -0.15) is 0 Å². The van der Waals surface area contributed by atoms with E-state index in [0.717, 1.165) is 18.2 Å². The van der Waals surface area contributed by atoms with Gasteiger partial charge in [-0.25, -0.2) is 13.6 Å². The average molecular weight is 364 g/mol.